The van der Waals surface area contributed by atoms with Gasteiger partial charge in [-0.05, 0) is 19.1 Å². The molecule has 0 saturated carbocycles. The molecule has 0 atom stereocenters. The van der Waals surface area contributed by atoms with Crippen LogP contribution in [0.25, 0.3) is 11.0 Å². The standard InChI is InChI=1S/C15H19N3O/c1-11(2)10-18-15(16)17-8-7-13-9-12-5-3-4-6-14(12)19-13/h3-6,9H,1,7-8,10H2,2H3,(H3,16,17,18). The van der Waals surface area contributed by atoms with Crippen molar-refractivity contribution in [2.24, 2.45) is 10.7 Å². The number of guanidine groups is 1. The number of hydrogen-bond donors (Lipinski definition) is 2. The van der Waals surface area contributed by atoms with Crippen LogP contribution in [0.5, 0.6) is 0 Å². The van der Waals surface area contributed by atoms with Gasteiger partial charge in [0, 0.05) is 18.4 Å². The fourth-order valence-corrected chi connectivity index (χ4v) is 1.75. The highest BCUT2D eigenvalue weighted by Gasteiger charge is 2.02. The average Bonchev–Trinajstić information content (AvgIpc) is 2.79. The summed E-state index contributed by atoms with van der Waals surface area (Å²) in [6, 6.07) is 10.0. The molecular formula is C15H19N3O. The Balaban J connectivity index is 1.85. The Morgan fingerprint density at radius 3 is 2.95 bits per heavy atom. The number of hydrogen-bond acceptors (Lipinski definition) is 2. The van der Waals surface area contributed by atoms with Gasteiger partial charge >= 0.3 is 0 Å². The summed E-state index contributed by atoms with van der Waals surface area (Å²) in [6.45, 7) is 6.95. The molecule has 19 heavy (non-hydrogen) atoms. The van der Waals surface area contributed by atoms with E-state index in [-0.39, 0.29) is 0 Å². The van der Waals surface area contributed by atoms with Crippen molar-refractivity contribution in [1.29, 1.82) is 0 Å². The predicted molar refractivity (Wildman–Crippen MR) is 79.2 cm³/mol. The molecule has 0 bridgehead atoms. The second-order valence-corrected chi connectivity index (χ2v) is 4.59. The van der Waals surface area contributed by atoms with Crippen LogP contribution in [0.3, 0.4) is 0 Å². The van der Waals surface area contributed by atoms with Gasteiger partial charge in [-0.1, -0.05) is 30.4 Å². The van der Waals surface area contributed by atoms with E-state index < -0.39 is 0 Å². The molecule has 0 aliphatic carbocycles. The van der Waals surface area contributed by atoms with Crippen molar-refractivity contribution in [3.05, 3.63) is 48.2 Å². The van der Waals surface area contributed by atoms with Gasteiger partial charge in [0.2, 0.25) is 0 Å². The first-order valence-electron chi connectivity index (χ1n) is 6.31. The lowest BCUT2D eigenvalue weighted by molar-refractivity contribution is 0.545. The first-order chi connectivity index (χ1) is 9.15. The van der Waals surface area contributed by atoms with Crippen molar-refractivity contribution < 1.29 is 4.42 Å². The topological polar surface area (TPSA) is 63.5 Å². The third kappa shape index (κ3) is 3.88. The Morgan fingerprint density at radius 2 is 2.21 bits per heavy atom. The van der Waals surface area contributed by atoms with E-state index in [1.54, 1.807) is 0 Å². The highest BCUT2D eigenvalue weighted by Crippen LogP contribution is 2.18. The van der Waals surface area contributed by atoms with Gasteiger partial charge in [-0.15, -0.1) is 0 Å². The lowest BCUT2D eigenvalue weighted by Gasteiger charge is -2.03. The smallest absolute Gasteiger partial charge is 0.188 e. The van der Waals surface area contributed by atoms with Crippen LogP contribution < -0.4 is 11.1 Å². The number of nitrogens with zero attached hydrogens (tertiary/aromatic N) is 1. The highest BCUT2D eigenvalue weighted by molar-refractivity contribution is 5.78. The molecule has 4 heteroatoms. The Hall–Kier alpha value is -2.23. The number of furan rings is 1. The lowest BCUT2D eigenvalue weighted by Crippen LogP contribution is -2.33. The molecule has 0 unspecified atom stereocenters. The molecular weight excluding hydrogens is 238 g/mol. The maximum absolute atomic E-state index is 5.73. The predicted octanol–water partition coefficient (Wildman–Crippen LogP) is 2.46. The van der Waals surface area contributed by atoms with Crippen molar-refractivity contribution in [3.63, 3.8) is 0 Å². The third-order valence-electron chi connectivity index (χ3n) is 2.67. The van der Waals surface area contributed by atoms with Gasteiger partial charge in [0.05, 0.1) is 6.54 Å². The first kappa shape index (κ1) is 13.2. The van der Waals surface area contributed by atoms with Crippen LogP contribution in [0, 0.1) is 0 Å². The van der Waals surface area contributed by atoms with E-state index in [0.717, 1.165) is 28.7 Å². The molecule has 0 aliphatic rings. The summed E-state index contributed by atoms with van der Waals surface area (Å²) in [5.74, 6) is 1.39. The first-order valence-corrected chi connectivity index (χ1v) is 6.31. The summed E-state index contributed by atoms with van der Waals surface area (Å²) in [5, 5.41) is 4.18. The zero-order valence-corrected chi connectivity index (χ0v) is 11.1. The maximum Gasteiger partial charge on any atom is 0.188 e. The van der Waals surface area contributed by atoms with E-state index in [4.69, 9.17) is 10.2 Å². The number of nitrogens with one attached hydrogen (secondary N) is 1. The molecule has 3 N–H and O–H groups in total. The van der Waals surface area contributed by atoms with Crippen molar-refractivity contribution in [3.8, 4) is 0 Å². The van der Waals surface area contributed by atoms with Gasteiger partial charge in [-0.3, -0.25) is 0 Å². The fourth-order valence-electron chi connectivity index (χ4n) is 1.75. The van der Waals surface area contributed by atoms with E-state index in [0.29, 0.717) is 19.0 Å². The van der Waals surface area contributed by atoms with Gasteiger partial charge in [-0.2, -0.15) is 0 Å². The van der Waals surface area contributed by atoms with Crippen LogP contribution in [0.2, 0.25) is 0 Å². The van der Waals surface area contributed by atoms with Crippen LogP contribution in [0.1, 0.15) is 12.7 Å². The van der Waals surface area contributed by atoms with Crippen molar-refractivity contribution >= 4 is 16.9 Å². The second kappa shape index (κ2) is 6.09. The molecule has 2 rings (SSSR count). The molecule has 0 spiro atoms. The van der Waals surface area contributed by atoms with Gasteiger partial charge in [0.1, 0.15) is 11.3 Å². The van der Waals surface area contributed by atoms with Crippen molar-refractivity contribution in [2.45, 2.75) is 13.3 Å². The summed E-state index contributed by atoms with van der Waals surface area (Å²) in [5.41, 5.74) is 7.63. The molecule has 1 heterocycles. The van der Waals surface area contributed by atoms with Crippen LogP contribution in [-0.2, 0) is 6.42 Å². The van der Waals surface area contributed by atoms with E-state index in [1.807, 2.05) is 31.2 Å². The Bertz CT molecular complexity index is 565. The lowest BCUT2D eigenvalue weighted by atomic mass is 10.2. The molecule has 0 aliphatic heterocycles. The molecule has 1 aromatic carbocycles. The third-order valence-corrected chi connectivity index (χ3v) is 2.67. The van der Waals surface area contributed by atoms with Crippen molar-refractivity contribution in [1.82, 2.24) is 5.32 Å². The minimum Gasteiger partial charge on any atom is -0.461 e. The Labute approximate surface area is 113 Å². The molecule has 0 radical (unpaired) electrons. The van der Waals surface area contributed by atoms with Crippen LogP contribution in [-0.4, -0.2) is 19.0 Å². The molecule has 4 nitrogen and oxygen atoms in total. The SMILES string of the molecule is C=C(C)CN=C(N)NCCc1cc2ccccc2o1. The largest absolute Gasteiger partial charge is 0.461 e. The van der Waals surface area contributed by atoms with Crippen LogP contribution in [0.4, 0.5) is 0 Å². The summed E-state index contributed by atoms with van der Waals surface area (Å²) in [7, 11) is 0. The van der Waals surface area contributed by atoms with Crippen LogP contribution >= 0.6 is 0 Å². The zero-order valence-electron chi connectivity index (χ0n) is 11.1. The van der Waals surface area contributed by atoms with Crippen LogP contribution in [0.15, 0.2) is 51.9 Å². The quantitative estimate of drug-likeness (QED) is 0.491. The average molecular weight is 257 g/mol. The summed E-state index contributed by atoms with van der Waals surface area (Å²) in [4.78, 5) is 4.15. The van der Waals surface area contributed by atoms with E-state index in [2.05, 4.69) is 23.0 Å². The number of nitrogens with two attached hydrogens (primary N) is 1. The second-order valence-electron chi connectivity index (χ2n) is 4.59. The minimum absolute atomic E-state index is 0.444. The van der Waals surface area contributed by atoms with E-state index in [1.165, 1.54) is 0 Å². The highest BCUT2D eigenvalue weighted by atomic mass is 16.3. The molecule has 2 aromatic rings. The Kier molecular flexibility index (Phi) is 4.23. The van der Waals surface area contributed by atoms with Crippen molar-refractivity contribution in [2.75, 3.05) is 13.1 Å². The number of benzene rings is 1. The number of para-hydroxylation sites is 1. The normalized spacial score (nSPS) is 11.7. The maximum atomic E-state index is 5.73. The van der Waals surface area contributed by atoms with E-state index >= 15 is 0 Å². The molecule has 0 saturated heterocycles. The van der Waals surface area contributed by atoms with Gasteiger partial charge < -0.3 is 15.5 Å². The molecule has 1 aromatic heterocycles. The summed E-state index contributed by atoms with van der Waals surface area (Å²) >= 11 is 0. The Morgan fingerprint density at radius 1 is 1.42 bits per heavy atom. The fraction of sp³-hybridized carbons (Fsp3) is 0.267. The summed E-state index contributed by atoms with van der Waals surface area (Å²) in [6.07, 6.45) is 0.776. The monoisotopic (exact) mass is 257 g/mol. The molecule has 0 fully saturated rings. The number of aliphatic imine (C=N–C) groups is 1. The zero-order chi connectivity index (χ0) is 13.7. The number of rotatable bonds is 5. The van der Waals surface area contributed by atoms with E-state index in [9.17, 15) is 0 Å². The molecule has 0 amide bonds. The number of fused-ring (bicyclic) bond motifs is 1. The van der Waals surface area contributed by atoms with Gasteiger partial charge in [-0.25, -0.2) is 4.99 Å². The molecule has 100 valence electrons. The van der Waals surface area contributed by atoms with Gasteiger partial charge in [0.15, 0.2) is 5.96 Å². The summed E-state index contributed by atoms with van der Waals surface area (Å²) < 4.78 is 5.71. The minimum atomic E-state index is 0.444. The van der Waals surface area contributed by atoms with Gasteiger partial charge in [0.25, 0.3) is 0 Å².